The van der Waals surface area contributed by atoms with E-state index in [0.29, 0.717) is 42.4 Å². The van der Waals surface area contributed by atoms with E-state index >= 15 is 0 Å². The number of aryl methyl sites for hydroxylation is 1. The van der Waals surface area contributed by atoms with Gasteiger partial charge in [0, 0.05) is 12.5 Å². The Morgan fingerprint density at radius 3 is 1.92 bits per heavy atom. The van der Waals surface area contributed by atoms with Gasteiger partial charge in [-0.25, -0.2) is 0 Å². The molecule has 0 radical (unpaired) electrons. The van der Waals surface area contributed by atoms with Crippen LogP contribution < -0.4 is 5.32 Å². The van der Waals surface area contributed by atoms with Gasteiger partial charge in [-0.05, 0) is 59.9 Å². The Bertz CT molecular complexity index is 1030. The second kappa shape index (κ2) is 13.9. The summed E-state index contributed by atoms with van der Waals surface area (Å²) in [6.45, 7) is 15.7. The average Bonchev–Trinajstić information content (AvgIpc) is 3.26. The lowest BCUT2D eigenvalue weighted by Gasteiger charge is -2.45. The number of carbonyl (C=O) groups excluding carboxylic acids is 2. The van der Waals surface area contributed by atoms with Crippen LogP contribution in [0.25, 0.3) is 0 Å². The SMILES string of the molecule is CC(C)[Si](O[C@@H](C)[C@H](O)[C@@H](CCc1ccccc1)C(=O)[C@@H]1C(=O)NCC1Cc1ccccc1)(C(C)C)C(C)C. The van der Waals surface area contributed by atoms with Crippen LogP contribution in [0, 0.1) is 17.8 Å². The number of ketones is 1. The van der Waals surface area contributed by atoms with Gasteiger partial charge in [-0.15, -0.1) is 0 Å². The molecular weight excluding hydrogens is 502 g/mol. The molecule has 39 heavy (non-hydrogen) atoms. The smallest absolute Gasteiger partial charge is 0.230 e. The Hall–Kier alpha value is -2.28. The number of nitrogens with one attached hydrogen (secondary N) is 1. The molecule has 1 heterocycles. The number of rotatable bonds is 14. The summed E-state index contributed by atoms with van der Waals surface area (Å²) in [5.41, 5.74) is 3.31. The fraction of sp³-hybridized carbons (Fsp3) is 0.576. The monoisotopic (exact) mass is 551 g/mol. The highest BCUT2D eigenvalue weighted by atomic mass is 28.4. The van der Waals surface area contributed by atoms with Crippen molar-refractivity contribution in [2.45, 2.75) is 96.6 Å². The zero-order valence-electron chi connectivity index (χ0n) is 24.9. The Labute approximate surface area is 236 Å². The molecule has 6 heteroatoms. The van der Waals surface area contributed by atoms with Gasteiger partial charge >= 0.3 is 0 Å². The van der Waals surface area contributed by atoms with Crippen LogP contribution in [0.3, 0.4) is 0 Å². The van der Waals surface area contributed by atoms with E-state index in [4.69, 9.17) is 4.43 Å². The van der Waals surface area contributed by atoms with E-state index in [9.17, 15) is 14.7 Å². The molecule has 1 fully saturated rings. The van der Waals surface area contributed by atoms with E-state index in [2.05, 4.69) is 46.9 Å². The van der Waals surface area contributed by atoms with Crippen molar-refractivity contribution >= 4 is 20.0 Å². The Balaban J connectivity index is 1.89. The highest BCUT2D eigenvalue weighted by Gasteiger charge is 2.49. The minimum Gasteiger partial charge on any atom is -0.411 e. The van der Waals surface area contributed by atoms with Crippen LogP contribution in [0.1, 0.15) is 66.0 Å². The van der Waals surface area contributed by atoms with Gasteiger partial charge in [-0.1, -0.05) is 102 Å². The third kappa shape index (κ3) is 7.27. The molecule has 1 amide bonds. The molecule has 0 saturated carbocycles. The predicted molar refractivity (Wildman–Crippen MR) is 161 cm³/mol. The Morgan fingerprint density at radius 2 is 1.41 bits per heavy atom. The van der Waals surface area contributed by atoms with Gasteiger partial charge in [0.2, 0.25) is 14.2 Å². The zero-order chi connectivity index (χ0) is 28.7. The van der Waals surface area contributed by atoms with Gasteiger partial charge in [-0.2, -0.15) is 0 Å². The van der Waals surface area contributed by atoms with Crippen LogP contribution in [-0.4, -0.2) is 43.9 Å². The summed E-state index contributed by atoms with van der Waals surface area (Å²) in [4.78, 5) is 27.3. The van der Waals surface area contributed by atoms with Crippen molar-refractivity contribution in [2.24, 2.45) is 17.8 Å². The van der Waals surface area contributed by atoms with E-state index in [1.54, 1.807) is 0 Å². The molecule has 2 aromatic rings. The number of carbonyl (C=O) groups is 2. The average molecular weight is 552 g/mol. The third-order valence-corrected chi connectivity index (χ3v) is 15.1. The van der Waals surface area contributed by atoms with Crippen LogP contribution in [0.5, 0.6) is 0 Å². The van der Waals surface area contributed by atoms with Gasteiger partial charge in [0.1, 0.15) is 5.92 Å². The van der Waals surface area contributed by atoms with E-state index in [0.717, 1.165) is 11.1 Å². The molecule has 2 N–H and O–H groups in total. The standard InChI is InChI=1S/C33H49NO4Si/c1-22(2)39(23(3)4,24(5)6)38-25(7)31(35)29(19-18-26-14-10-8-11-15-26)32(36)30-28(21-34-33(30)37)20-27-16-12-9-13-17-27/h8-17,22-25,28-31,35H,18-21H2,1-7H3,(H,34,37)/t25-,28?,29+,30+,31-/m0/s1. The summed E-state index contributed by atoms with van der Waals surface area (Å²) in [6, 6.07) is 20.0. The lowest BCUT2D eigenvalue weighted by molar-refractivity contribution is -0.140. The maximum atomic E-state index is 14.2. The molecule has 1 unspecified atom stereocenters. The highest BCUT2D eigenvalue weighted by Crippen LogP contribution is 2.44. The molecule has 5 atom stereocenters. The number of Topliss-reactive ketones (excluding diaryl/α,β-unsaturated/α-hetero) is 1. The van der Waals surface area contributed by atoms with Gasteiger partial charge in [0.05, 0.1) is 12.2 Å². The van der Waals surface area contributed by atoms with Crippen molar-refractivity contribution < 1.29 is 19.1 Å². The van der Waals surface area contributed by atoms with Crippen molar-refractivity contribution in [1.82, 2.24) is 5.32 Å². The number of amides is 1. The van der Waals surface area contributed by atoms with Crippen molar-refractivity contribution in [2.75, 3.05) is 6.54 Å². The van der Waals surface area contributed by atoms with Gasteiger partial charge in [-0.3, -0.25) is 9.59 Å². The molecule has 1 aliphatic rings. The molecule has 1 saturated heterocycles. The summed E-state index contributed by atoms with van der Waals surface area (Å²) < 4.78 is 6.92. The second-order valence-corrected chi connectivity index (χ2v) is 17.7. The first-order valence-electron chi connectivity index (χ1n) is 14.7. The molecule has 0 aromatic heterocycles. The quantitative estimate of drug-likeness (QED) is 0.212. The summed E-state index contributed by atoms with van der Waals surface area (Å²) >= 11 is 0. The van der Waals surface area contributed by atoms with Crippen molar-refractivity contribution in [3.63, 3.8) is 0 Å². The lowest BCUT2D eigenvalue weighted by atomic mass is 9.77. The summed E-state index contributed by atoms with van der Waals surface area (Å²) in [5.74, 6) is -1.97. The number of aliphatic hydroxyl groups excluding tert-OH is 1. The number of aliphatic hydroxyl groups is 1. The van der Waals surface area contributed by atoms with Gasteiger partial charge in [0.15, 0.2) is 5.78 Å². The van der Waals surface area contributed by atoms with Crippen LogP contribution in [0.2, 0.25) is 16.6 Å². The van der Waals surface area contributed by atoms with Crippen LogP contribution in [-0.2, 0) is 26.9 Å². The Kier molecular flexibility index (Phi) is 11.1. The number of hydrogen-bond donors (Lipinski definition) is 2. The molecular formula is C33H49NO4Si. The molecule has 214 valence electrons. The predicted octanol–water partition coefficient (Wildman–Crippen LogP) is 6.35. The largest absolute Gasteiger partial charge is 0.411 e. The van der Waals surface area contributed by atoms with Gasteiger partial charge in [0.25, 0.3) is 0 Å². The van der Waals surface area contributed by atoms with Gasteiger partial charge < -0.3 is 14.8 Å². The molecule has 0 bridgehead atoms. The van der Waals surface area contributed by atoms with Crippen LogP contribution >= 0.6 is 0 Å². The van der Waals surface area contributed by atoms with E-state index < -0.39 is 32.4 Å². The molecule has 2 aromatic carbocycles. The summed E-state index contributed by atoms with van der Waals surface area (Å²) in [7, 11) is -2.28. The first-order valence-corrected chi connectivity index (χ1v) is 16.9. The fourth-order valence-electron chi connectivity index (χ4n) is 6.95. The fourth-order valence-corrected chi connectivity index (χ4v) is 12.5. The molecule has 1 aliphatic heterocycles. The first kappa shape index (κ1) is 31.2. The van der Waals surface area contributed by atoms with Crippen molar-refractivity contribution in [3.8, 4) is 0 Å². The maximum absolute atomic E-state index is 14.2. The molecule has 5 nitrogen and oxygen atoms in total. The minimum atomic E-state index is -2.28. The normalized spacial score (nSPS) is 20.3. The van der Waals surface area contributed by atoms with Crippen LogP contribution in [0.4, 0.5) is 0 Å². The lowest BCUT2D eigenvalue weighted by Crippen LogP contribution is -2.53. The van der Waals surface area contributed by atoms with E-state index in [1.807, 2.05) is 67.6 Å². The summed E-state index contributed by atoms with van der Waals surface area (Å²) in [6.07, 6.45) is 0.271. The number of benzene rings is 2. The van der Waals surface area contributed by atoms with E-state index in [1.165, 1.54) is 0 Å². The third-order valence-electron chi connectivity index (χ3n) is 8.88. The molecule has 0 aliphatic carbocycles. The highest BCUT2D eigenvalue weighted by molar-refractivity contribution is 6.77. The van der Waals surface area contributed by atoms with Crippen LogP contribution in [0.15, 0.2) is 60.7 Å². The second-order valence-electron chi connectivity index (χ2n) is 12.3. The molecule has 0 spiro atoms. The topological polar surface area (TPSA) is 75.6 Å². The Morgan fingerprint density at radius 1 is 0.897 bits per heavy atom. The van der Waals surface area contributed by atoms with E-state index in [-0.39, 0.29) is 17.6 Å². The number of hydrogen-bond acceptors (Lipinski definition) is 4. The first-order chi connectivity index (χ1) is 18.5. The minimum absolute atomic E-state index is 0.134. The zero-order valence-corrected chi connectivity index (χ0v) is 25.9. The van der Waals surface area contributed by atoms with Crippen molar-refractivity contribution in [1.29, 1.82) is 0 Å². The maximum Gasteiger partial charge on any atom is 0.230 e. The summed E-state index contributed by atoms with van der Waals surface area (Å²) in [5, 5.41) is 14.7. The van der Waals surface area contributed by atoms with Crippen molar-refractivity contribution in [3.05, 3.63) is 71.8 Å². The molecule has 3 rings (SSSR count).